The minimum absolute atomic E-state index is 0.00349. The van der Waals surface area contributed by atoms with Crippen molar-refractivity contribution in [1.82, 2.24) is 10.6 Å². The maximum atomic E-state index is 11.3. The highest BCUT2D eigenvalue weighted by Crippen LogP contribution is 2.04. The van der Waals surface area contributed by atoms with Crippen LogP contribution in [0.3, 0.4) is 0 Å². The van der Waals surface area contributed by atoms with E-state index < -0.39 is 0 Å². The Hall–Kier alpha value is -0.900. The molecule has 4 nitrogen and oxygen atoms in total. The standard InChI is InChI=1S/C9H16N2O2/c12-7-2-1-5-11-9(13)8-4-3-6-10-8/h7-8,10H,1-6H2,(H,11,13). The van der Waals surface area contributed by atoms with Crippen LogP contribution >= 0.6 is 0 Å². The summed E-state index contributed by atoms with van der Waals surface area (Å²) in [6.45, 7) is 1.54. The number of amides is 1. The van der Waals surface area contributed by atoms with E-state index in [1.165, 1.54) is 0 Å². The second-order valence-corrected chi connectivity index (χ2v) is 3.25. The molecule has 4 heteroatoms. The van der Waals surface area contributed by atoms with Crippen molar-refractivity contribution in [2.75, 3.05) is 13.1 Å². The highest BCUT2D eigenvalue weighted by molar-refractivity contribution is 5.81. The predicted octanol–water partition coefficient (Wildman–Crippen LogP) is -0.166. The molecule has 13 heavy (non-hydrogen) atoms. The van der Waals surface area contributed by atoms with Crippen molar-refractivity contribution in [2.24, 2.45) is 0 Å². The van der Waals surface area contributed by atoms with Gasteiger partial charge in [-0.1, -0.05) is 0 Å². The second-order valence-electron chi connectivity index (χ2n) is 3.25. The zero-order chi connectivity index (χ0) is 9.52. The number of carbonyl (C=O) groups is 2. The predicted molar refractivity (Wildman–Crippen MR) is 49.3 cm³/mol. The molecule has 0 aromatic carbocycles. The molecule has 1 aliphatic heterocycles. The van der Waals surface area contributed by atoms with Crippen LogP contribution in [0.5, 0.6) is 0 Å². The molecule has 74 valence electrons. The topological polar surface area (TPSA) is 58.2 Å². The highest BCUT2D eigenvalue weighted by atomic mass is 16.2. The van der Waals surface area contributed by atoms with Gasteiger partial charge in [0.2, 0.25) is 5.91 Å². The summed E-state index contributed by atoms with van der Waals surface area (Å²) in [4.78, 5) is 21.3. The van der Waals surface area contributed by atoms with Gasteiger partial charge in [-0.2, -0.15) is 0 Å². The first kappa shape index (κ1) is 10.2. The molecule has 1 rings (SSSR count). The van der Waals surface area contributed by atoms with Gasteiger partial charge in [0.15, 0.2) is 0 Å². The Kier molecular flexibility index (Phi) is 4.46. The largest absolute Gasteiger partial charge is 0.355 e. The first-order valence-corrected chi connectivity index (χ1v) is 4.79. The Morgan fingerprint density at radius 3 is 3.08 bits per heavy atom. The van der Waals surface area contributed by atoms with Crippen LogP contribution in [0, 0.1) is 0 Å². The monoisotopic (exact) mass is 184 g/mol. The Labute approximate surface area is 78.1 Å². The van der Waals surface area contributed by atoms with Gasteiger partial charge < -0.3 is 15.4 Å². The van der Waals surface area contributed by atoms with Gasteiger partial charge in [-0.15, -0.1) is 0 Å². The molecular formula is C9H16N2O2. The number of hydrogen-bond donors (Lipinski definition) is 2. The number of aldehydes is 1. The molecule has 1 saturated heterocycles. The van der Waals surface area contributed by atoms with Crippen molar-refractivity contribution in [3.8, 4) is 0 Å². The zero-order valence-corrected chi connectivity index (χ0v) is 7.71. The van der Waals surface area contributed by atoms with E-state index in [9.17, 15) is 9.59 Å². The summed E-state index contributed by atoms with van der Waals surface area (Å²) in [6.07, 6.45) is 4.15. The highest BCUT2D eigenvalue weighted by Gasteiger charge is 2.20. The molecule has 0 bridgehead atoms. The summed E-state index contributed by atoms with van der Waals surface area (Å²) in [7, 11) is 0. The minimum atomic E-state index is -0.00349. The summed E-state index contributed by atoms with van der Waals surface area (Å²) >= 11 is 0. The third-order valence-corrected chi connectivity index (χ3v) is 2.17. The molecule has 1 fully saturated rings. The van der Waals surface area contributed by atoms with E-state index in [1.54, 1.807) is 0 Å². The van der Waals surface area contributed by atoms with Gasteiger partial charge in [0, 0.05) is 13.0 Å². The van der Waals surface area contributed by atoms with E-state index >= 15 is 0 Å². The lowest BCUT2D eigenvalue weighted by atomic mass is 10.2. The van der Waals surface area contributed by atoms with Crippen LogP contribution in [0.1, 0.15) is 25.7 Å². The lowest BCUT2D eigenvalue weighted by molar-refractivity contribution is -0.122. The zero-order valence-electron chi connectivity index (χ0n) is 7.71. The van der Waals surface area contributed by atoms with Crippen molar-refractivity contribution in [3.63, 3.8) is 0 Å². The van der Waals surface area contributed by atoms with Gasteiger partial charge in [-0.05, 0) is 25.8 Å². The Morgan fingerprint density at radius 1 is 1.62 bits per heavy atom. The molecule has 0 spiro atoms. The first-order chi connectivity index (χ1) is 6.34. The Bertz CT molecular complexity index is 176. The molecule has 0 aliphatic carbocycles. The molecule has 0 radical (unpaired) electrons. The average molecular weight is 184 g/mol. The fourth-order valence-electron chi connectivity index (χ4n) is 1.43. The molecule has 0 aromatic heterocycles. The Balaban J connectivity index is 2.06. The fourth-order valence-corrected chi connectivity index (χ4v) is 1.43. The van der Waals surface area contributed by atoms with Crippen molar-refractivity contribution >= 4 is 12.2 Å². The third-order valence-electron chi connectivity index (χ3n) is 2.17. The summed E-state index contributed by atoms with van der Waals surface area (Å²) in [5.41, 5.74) is 0. The van der Waals surface area contributed by atoms with E-state index in [0.717, 1.165) is 32.1 Å². The molecule has 0 saturated carbocycles. The van der Waals surface area contributed by atoms with Crippen LogP contribution < -0.4 is 10.6 Å². The quantitative estimate of drug-likeness (QED) is 0.461. The number of carbonyl (C=O) groups excluding carboxylic acids is 2. The van der Waals surface area contributed by atoms with Crippen molar-refractivity contribution in [2.45, 2.75) is 31.7 Å². The lowest BCUT2D eigenvalue weighted by Gasteiger charge is -2.09. The molecule has 2 N–H and O–H groups in total. The van der Waals surface area contributed by atoms with Gasteiger partial charge in [0.05, 0.1) is 6.04 Å². The number of hydrogen-bond acceptors (Lipinski definition) is 3. The minimum Gasteiger partial charge on any atom is -0.355 e. The van der Waals surface area contributed by atoms with Crippen LogP contribution in [-0.2, 0) is 9.59 Å². The third kappa shape index (κ3) is 3.55. The number of unbranched alkanes of at least 4 members (excludes halogenated alkanes) is 1. The van der Waals surface area contributed by atoms with Gasteiger partial charge in [0.1, 0.15) is 6.29 Å². The van der Waals surface area contributed by atoms with Crippen molar-refractivity contribution in [3.05, 3.63) is 0 Å². The summed E-state index contributed by atoms with van der Waals surface area (Å²) in [5.74, 6) is 0.0726. The van der Waals surface area contributed by atoms with Crippen molar-refractivity contribution < 1.29 is 9.59 Å². The van der Waals surface area contributed by atoms with Crippen molar-refractivity contribution in [1.29, 1.82) is 0 Å². The molecular weight excluding hydrogens is 168 g/mol. The molecule has 1 atom stereocenters. The van der Waals surface area contributed by atoms with Gasteiger partial charge in [-0.25, -0.2) is 0 Å². The van der Waals surface area contributed by atoms with E-state index in [0.29, 0.717) is 13.0 Å². The number of rotatable bonds is 5. The summed E-state index contributed by atoms with van der Waals surface area (Å²) in [6, 6.07) is -0.00349. The van der Waals surface area contributed by atoms with Gasteiger partial charge in [-0.3, -0.25) is 4.79 Å². The average Bonchev–Trinajstić information content (AvgIpc) is 2.65. The first-order valence-electron chi connectivity index (χ1n) is 4.79. The van der Waals surface area contributed by atoms with Crippen LogP contribution in [0.25, 0.3) is 0 Å². The van der Waals surface area contributed by atoms with Gasteiger partial charge in [0.25, 0.3) is 0 Å². The SMILES string of the molecule is O=CCCCNC(=O)C1CCCN1. The van der Waals surface area contributed by atoms with Crippen LogP contribution in [0.2, 0.25) is 0 Å². The molecule has 0 aromatic rings. The molecule has 1 heterocycles. The fraction of sp³-hybridized carbons (Fsp3) is 0.778. The summed E-state index contributed by atoms with van der Waals surface area (Å²) < 4.78 is 0. The lowest BCUT2D eigenvalue weighted by Crippen LogP contribution is -2.40. The number of nitrogens with one attached hydrogen (secondary N) is 2. The maximum Gasteiger partial charge on any atom is 0.237 e. The van der Waals surface area contributed by atoms with Crippen LogP contribution in [0.4, 0.5) is 0 Å². The maximum absolute atomic E-state index is 11.3. The van der Waals surface area contributed by atoms with E-state index in [4.69, 9.17) is 0 Å². The smallest absolute Gasteiger partial charge is 0.237 e. The van der Waals surface area contributed by atoms with E-state index in [2.05, 4.69) is 10.6 Å². The van der Waals surface area contributed by atoms with E-state index in [-0.39, 0.29) is 11.9 Å². The normalized spacial score (nSPS) is 21.4. The molecule has 1 aliphatic rings. The van der Waals surface area contributed by atoms with E-state index in [1.807, 2.05) is 0 Å². The molecule has 1 amide bonds. The summed E-state index contributed by atoms with van der Waals surface area (Å²) in [5, 5.41) is 5.91. The van der Waals surface area contributed by atoms with Gasteiger partial charge >= 0.3 is 0 Å². The second kappa shape index (κ2) is 5.70. The molecule has 1 unspecified atom stereocenters. The van der Waals surface area contributed by atoms with Crippen LogP contribution in [-0.4, -0.2) is 31.3 Å². The van der Waals surface area contributed by atoms with Crippen LogP contribution in [0.15, 0.2) is 0 Å². The Morgan fingerprint density at radius 2 is 2.46 bits per heavy atom.